The molecule has 0 radical (unpaired) electrons. The van der Waals surface area contributed by atoms with E-state index in [-0.39, 0.29) is 37.5 Å². The number of aryl methyl sites for hydroxylation is 1. The summed E-state index contributed by atoms with van der Waals surface area (Å²) >= 11 is 0. The fourth-order valence-electron chi connectivity index (χ4n) is 5.49. The minimum Gasteiger partial charge on any atom is -0.371 e. The molecular weight excluding hydrogens is 546 g/mol. The number of hydrogen-bond acceptors (Lipinski definition) is 7. The van der Waals surface area contributed by atoms with Gasteiger partial charge in [-0.25, -0.2) is 13.8 Å². The van der Waals surface area contributed by atoms with Crippen LogP contribution in [0.5, 0.6) is 0 Å². The second-order valence-corrected chi connectivity index (χ2v) is 11.1. The number of rotatable bonds is 11. The molecule has 1 saturated carbocycles. The van der Waals surface area contributed by atoms with E-state index in [1.807, 2.05) is 22.9 Å². The highest BCUT2D eigenvalue weighted by molar-refractivity contribution is 5.85. The first kappa shape index (κ1) is 29.8. The van der Waals surface area contributed by atoms with Gasteiger partial charge in [0.15, 0.2) is 11.4 Å². The normalized spacial score (nSPS) is 24.6. The Labute approximate surface area is 243 Å². The molecule has 9 nitrogen and oxygen atoms in total. The van der Waals surface area contributed by atoms with Crippen molar-refractivity contribution < 1.29 is 32.5 Å². The fourth-order valence-corrected chi connectivity index (χ4v) is 5.49. The Morgan fingerprint density at radius 2 is 1.98 bits per heavy atom. The van der Waals surface area contributed by atoms with E-state index in [4.69, 9.17) is 24.2 Å². The Morgan fingerprint density at radius 1 is 1.17 bits per heavy atom. The van der Waals surface area contributed by atoms with Crippen LogP contribution in [-0.4, -0.2) is 51.7 Å². The number of aromatic nitrogens is 2. The summed E-state index contributed by atoms with van der Waals surface area (Å²) < 4.78 is 55.1. The summed E-state index contributed by atoms with van der Waals surface area (Å²) in [4.78, 5) is 17.9. The minimum absolute atomic E-state index is 0.125. The summed E-state index contributed by atoms with van der Waals surface area (Å²) in [6, 6.07) is 12.4. The third-order valence-electron chi connectivity index (χ3n) is 7.57. The lowest BCUT2D eigenvalue weighted by molar-refractivity contribution is -0.183. The molecule has 222 valence electrons. The molecule has 5 rings (SSSR count). The molecule has 2 heterocycles. The average molecular weight is 581 g/mol. The number of hydrogen-bond donors (Lipinski definition) is 1. The van der Waals surface area contributed by atoms with Crippen LogP contribution in [0.1, 0.15) is 49.8 Å². The maximum Gasteiger partial charge on any atom is 0.252 e. The highest BCUT2D eigenvalue weighted by Gasteiger charge is 2.58. The lowest BCUT2D eigenvalue weighted by atomic mass is 9.78. The van der Waals surface area contributed by atoms with E-state index in [9.17, 15) is 13.6 Å². The van der Waals surface area contributed by atoms with Crippen molar-refractivity contribution in [1.82, 2.24) is 14.9 Å². The maximum absolute atomic E-state index is 14.6. The number of benzene rings is 2. The number of carbonyl (C=O) groups is 1. The number of nitrogens with zero attached hydrogens (tertiary/aromatic N) is 3. The smallest absolute Gasteiger partial charge is 0.252 e. The van der Waals surface area contributed by atoms with E-state index in [2.05, 4.69) is 16.4 Å². The van der Waals surface area contributed by atoms with Gasteiger partial charge < -0.3 is 28.8 Å². The van der Waals surface area contributed by atoms with Crippen molar-refractivity contribution in [1.29, 1.82) is 5.26 Å². The molecule has 2 fully saturated rings. The topological polar surface area (TPSA) is 108 Å². The number of ether oxygens (including phenoxy) is 4. The quantitative estimate of drug-likeness (QED) is 0.335. The third kappa shape index (κ3) is 7.02. The summed E-state index contributed by atoms with van der Waals surface area (Å²) in [5.41, 5.74) is 0.0784. The Bertz CT molecular complexity index is 1410. The Kier molecular flexibility index (Phi) is 8.99. The molecule has 4 atom stereocenters. The predicted molar refractivity (Wildman–Crippen MR) is 147 cm³/mol. The number of nitriles is 1. The molecule has 1 saturated heterocycles. The van der Waals surface area contributed by atoms with E-state index < -0.39 is 41.3 Å². The molecule has 1 N–H and O–H groups in total. The Balaban J connectivity index is 1.37. The molecule has 0 spiro atoms. The number of imidazole rings is 1. The first-order valence-electron chi connectivity index (χ1n) is 13.9. The van der Waals surface area contributed by atoms with Crippen LogP contribution >= 0.6 is 0 Å². The van der Waals surface area contributed by atoms with Crippen LogP contribution in [0.3, 0.4) is 0 Å². The number of nitrogens with one attached hydrogen (secondary N) is 1. The molecule has 1 amide bonds. The van der Waals surface area contributed by atoms with Crippen LogP contribution in [-0.2, 0) is 43.5 Å². The second kappa shape index (κ2) is 12.7. The number of amides is 1. The van der Waals surface area contributed by atoms with Crippen LogP contribution < -0.4 is 5.32 Å². The van der Waals surface area contributed by atoms with Crippen molar-refractivity contribution in [3.8, 4) is 6.07 Å². The van der Waals surface area contributed by atoms with Gasteiger partial charge in [0.25, 0.3) is 5.91 Å². The van der Waals surface area contributed by atoms with Crippen molar-refractivity contribution in [2.45, 2.75) is 82.6 Å². The zero-order valence-electron chi connectivity index (χ0n) is 23.6. The van der Waals surface area contributed by atoms with Crippen molar-refractivity contribution in [3.63, 3.8) is 0 Å². The SMILES string of the molecule is CC1(C)O[C@@H]2C[C@@](OCc3ccc(F)cc3F)(C(=O)NCCCn3ccnc3)CC(OCc3ccc(C#N)cc3)[C@@H]2O1. The molecule has 1 unspecified atom stereocenters. The predicted octanol–water partition coefficient (Wildman–Crippen LogP) is 4.39. The van der Waals surface area contributed by atoms with Crippen LogP contribution in [0.15, 0.2) is 61.2 Å². The molecule has 11 heteroatoms. The van der Waals surface area contributed by atoms with Gasteiger partial charge >= 0.3 is 0 Å². The van der Waals surface area contributed by atoms with Crippen molar-refractivity contribution in [3.05, 3.63) is 89.5 Å². The molecule has 42 heavy (non-hydrogen) atoms. The van der Waals surface area contributed by atoms with Crippen LogP contribution in [0.4, 0.5) is 8.78 Å². The van der Waals surface area contributed by atoms with Gasteiger partial charge in [-0.15, -0.1) is 0 Å². The van der Waals surface area contributed by atoms with Gasteiger partial charge in [0, 0.05) is 50.0 Å². The van der Waals surface area contributed by atoms with Crippen LogP contribution in [0.2, 0.25) is 0 Å². The first-order valence-corrected chi connectivity index (χ1v) is 13.9. The highest BCUT2D eigenvalue weighted by Crippen LogP contribution is 2.44. The standard InChI is InChI=1S/C31H34F2N4O5/c1-30(2)41-27-16-31(40-19-23-8-9-24(32)14-25(23)33,29(38)36-10-3-12-37-13-11-35-20-37)15-26(28(27)42-30)39-18-22-6-4-21(17-34)5-7-22/h4-9,11,13-14,20,26-28H,3,10,12,15-16,18-19H2,1-2H3,(H,36,38)/t26?,27-,28+,31-/m1/s1. The van der Waals surface area contributed by atoms with E-state index in [1.54, 1.807) is 38.5 Å². The summed E-state index contributed by atoms with van der Waals surface area (Å²) in [6.45, 7) is 4.60. The van der Waals surface area contributed by atoms with Gasteiger partial charge in [-0.3, -0.25) is 4.79 Å². The van der Waals surface area contributed by atoms with Crippen molar-refractivity contribution in [2.24, 2.45) is 0 Å². The lowest BCUT2D eigenvalue weighted by Crippen LogP contribution is -2.60. The fraction of sp³-hybridized carbons (Fsp3) is 0.452. The monoisotopic (exact) mass is 580 g/mol. The van der Waals surface area contributed by atoms with E-state index in [0.717, 1.165) is 17.7 Å². The minimum atomic E-state index is -1.43. The second-order valence-electron chi connectivity index (χ2n) is 11.1. The van der Waals surface area contributed by atoms with Gasteiger partial charge in [-0.1, -0.05) is 18.2 Å². The van der Waals surface area contributed by atoms with Crippen LogP contribution in [0.25, 0.3) is 0 Å². The molecule has 3 aromatic rings. The number of fused-ring (bicyclic) bond motifs is 1. The maximum atomic E-state index is 14.6. The third-order valence-corrected chi connectivity index (χ3v) is 7.57. The molecule has 1 aliphatic heterocycles. The molecule has 2 aliphatic rings. The van der Waals surface area contributed by atoms with E-state index >= 15 is 0 Å². The zero-order valence-corrected chi connectivity index (χ0v) is 23.6. The largest absolute Gasteiger partial charge is 0.371 e. The first-order chi connectivity index (χ1) is 20.2. The number of carbonyl (C=O) groups excluding carboxylic acids is 1. The summed E-state index contributed by atoms with van der Waals surface area (Å²) in [5, 5.41) is 12.1. The number of halogens is 2. The molecular formula is C31H34F2N4O5. The summed E-state index contributed by atoms with van der Waals surface area (Å²) in [7, 11) is 0. The lowest BCUT2D eigenvalue weighted by Gasteiger charge is -2.43. The molecule has 1 aliphatic carbocycles. The van der Waals surface area contributed by atoms with Gasteiger partial charge in [0.2, 0.25) is 0 Å². The van der Waals surface area contributed by atoms with Gasteiger partial charge in [0.1, 0.15) is 17.7 Å². The molecule has 0 bridgehead atoms. The molecule has 2 aromatic carbocycles. The van der Waals surface area contributed by atoms with E-state index in [1.165, 1.54) is 6.07 Å². The van der Waals surface area contributed by atoms with E-state index in [0.29, 0.717) is 25.1 Å². The summed E-state index contributed by atoms with van der Waals surface area (Å²) in [6.07, 6.45) is 4.59. The summed E-state index contributed by atoms with van der Waals surface area (Å²) in [5.74, 6) is -2.73. The van der Waals surface area contributed by atoms with Gasteiger partial charge in [0.05, 0.1) is 43.4 Å². The van der Waals surface area contributed by atoms with Crippen LogP contribution in [0, 0.1) is 23.0 Å². The Hall–Kier alpha value is -3.69. The van der Waals surface area contributed by atoms with Gasteiger partial charge in [-0.2, -0.15) is 5.26 Å². The van der Waals surface area contributed by atoms with Crippen molar-refractivity contribution in [2.75, 3.05) is 6.54 Å². The molecule has 1 aromatic heterocycles. The zero-order chi connectivity index (χ0) is 29.7. The average Bonchev–Trinajstić information content (AvgIpc) is 3.60. The Morgan fingerprint density at radius 3 is 2.69 bits per heavy atom. The van der Waals surface area contributed by atoms with Gasteiger partial charge in [-0.05, 0) is 44.0 Å². The van der Waals surface area contributed by atoms with Crippen molar-refractivity contribution >= 4 is 5.91 Å². The highest BCUT2D eigenvalue weighted by atomic mass is 19.1.